The number of aromatic nitrogens is 4. The van der Waals surface area contributed by atoms with Gasteiger partial charge in [0.2, 0.25) is 0 Å². The van der Waals surface area contributed by atoms with E-state index in [1.807, 2.05) is 13.0 Å². The van der Waals surface area contributed by atoms with Gasteiger partial charge in [-0.05, 0) is 18.8 Å². The standard InChI is InChI=1S/C15H25N5/c1-5-6-7-8-15(3,4)10-16-13-9-12(2)19-14-17-11-18-20(13)14/h9,11,16H,5-8,10H2,1-4H3. The first-order valence-electron chi connectivity index (χ1n) is 7.43. The van der Waals surface area contributed by atoms with Gasteiger partial charge < -0.3 is 5.32 Å². The number of aryl methyl sites for hydroxylation is 1. The molecule has 0 aliphatic carbocycles. The first-order chi connectivity index (χ1) is 9.52. The van der Waals surface area contributed by atoms with Crippen molar-refractivity contribution in [2.24, 2.45) is 5.41 Å². The largest absolute Gasteiger partial charge is 0.369 e. The number of hydrogen-bond donors (Lipinski definition) is 1. The molecule has 0 radical (unpaired) electrons. The molecule has 2 rings (SSSR count). The van der Waals surface area contributed by atoms with Gasteiger partial charge in [0.1, 0.15) is 12.1 Å². The Bertz CT molecular complexity index is 558. The Balaban J connectivity index is 2.03. The Morgan fingerprint density at radius 1 is 1.30 bits per heavy atom. The number of anilines is 1. The predicted octanol–water partition coefficient (Wildman–Crippen LogP) is 3.45. The summed E-state index contributed by atoms with van der Waals surface area (Å²) >= 11 is 0. The number of unbranched alkanes of at least 4 members (excludes halogenated alkanes) is 2. The molecule has 0 unspecified atom stereocenters. The van der Waals surface area contributed by atoms with Crippen molar-refractivity contribution < 1.29 is 0 Å². The third-order valence-electron chi connectivity index (χ3n) is 3.59. The van der Waals surface area contributed by atoms with Crippen LogP contribution in [-0.2, 0) is 0 Å². The van der Waals surface area contributed by atoms with Crippen molar-refractivity contribution in [2.45, 2.75) is 53.4 Å². The lowest BCUT2D eigenvalue weighted by Crippen LogP contribution is -2.24. The van der Waals surface area contributed by atoms with Crippen molar-refractivity contribution >= 4 is 11.6 Å². The molecule has 0 fully saturated rings. The van der Waals surface area contributed by atoms with E-state index in [0.717, 1.165) is 18.1 Å². The van der Waals surface area contributed by atoms with Crippen LogP contribution >= 0.6 is 0 Å². The van der Waals surface area contributed by atoms with Gasteiger partial charge in [-0.2, -0.15) is 14.6 Å². The van der Waals surface area contributed by atoms with E-state index < -0.39 is 0 Å². The number of rotatable bonds is 7. The van der Waals surface area contributed by atoms with Crippen LogP contribution < -0.4 is 5.32 Å². The molecule has 0 saturated carbocycles. The summed E-state index contributed by atoms with van der Waals surface area (Å²) in [5.41, 5.74) is 1.23. The van der Waals surface area contributed by atoms with E-state index in [1.165, 1.54) is 25.7 Å². The highest BCUT2D eigenvalue weighted by atomic mass is 15.3. The second kappa shape index (κ2) is 6.20. The van der Waals surface area contributed by atoms with Gasteiger partial charge in [-0.3, -0.25) is 0 Å². The van der Waals surface area contributed by atoms with Crippen molar-refractivity contribution in [1.29, 1.82) is 0 Å². The Labute approximate surface area is 120 Å². The fourth-order valence-corrected chi connectivity index (χ4v) is 2.33. The highest BCUT2D eigenvalue weighted by Gasteiger charge is 2.18. The molecule has 0 spiro atoms. The van der Waals surface area contributed by atoms with E-state index in [1.54, 1.807) is 10.8 Å². The molecular weight excluding hydrogens is 250 g/mol. The molecule has 2 heterocycles. The molecule has 1 N–H and O–H groups in total. The third kappa shape index (κ3) is 3.68. The molecule has 20 heavy (non-hydrogen) atoms. The summed E-state index contributed by atoms with van der Waals surface area (Å²) < 4.78 is 1.76. The summed E-state index contributed by atoms with van der Waals surface area (Å²) in [5.74, 6) is 1.62. The lowest BCUT2D eigenvalue weighted by atomic mass is 9.87. The van der Waals surface area contributed by atoms with E-state index in [9.17, 15) is 0 Å². The summed E-state index contributed by atoms with van der Waals surface area (Å²) in [6.45, 7) is 9.76. The lowest BCUT2D eigenvalue weighted by molar-refractivity contribution is 0.342. The third-order valence-corrected chi connectivity index (χ3v) is 3.59. The molecule has 0 aliphatic rings. The fourth-order valence-electron chi connectivity index (χ4n) is 2.33. The second-order valence-corrected chi connectivity index (χ2v) is 6.23. The maximum absolute atomic E-state index is 4.35. The molecular formula is C15H25N5. The van der Waals surface area contributed by atoms with Crippen LogP contribution in [0, 0.1) is 12.3 Å². The normalized spacial score (nSPS) is 12.0. The zero-order chi connectivity index (χ0) is 14.6. The molecule has 110 valence electrons. The van der Waals surface area contributed by atoms with Gasteiger partial charge in [-0.15, -0.1) is 0 Å². The molecule has 0 amide bonds. The summed E-state index contributed by atoms with van der Waals surface area (Å²) in [6, 6.07) is 2.02. The quantitative estimate of drug-likeness (QED) is 0.786. The van der Waals surface area contributed by atoms with Crippen molar-refractivity contribution in [3.05, 3.63) is 18.1 Å². The molecule has 0 saturated heterocycles. The van der Waals surface area contributed by atoms with Crippen LogP contribution in [0.4, 0.5) is 5.82 Å². The minimum atomic E-state index is 0.277. The Kier molecular flexibility index (Phi) is 4.57. The van der Waals surface area contributed by atoms with Crippen LogP contribution in [0.3, 0.4) is 0 Å². The highest BCUT2D eigenvalue weighted by Crippen LogP contribution is 2.24. The predicted molar refractivity (Wildman–Crippen MR) is 81.9 cm³/mol. The first-order valence-corrected chi connectivity index (χ1v) is 7.43. The molecule has 5 nitrogen and oxygen atoms in total. The van der Waals surface area contributed by atoms with E-state index in [4.69, 9.17) is 0 Å². The highest BCUT2D eigenvalue weighted by molar-refractivity contribution is 5.44. The minimum absolute atomic E-state index is 0.277. The van der Waals surface area contributed by atoms with Crippen LogP contribution in [0.25, 0.3) is 5.78 Å². The van der Waals surface area contributed by atoms with E-state index in [0.29, 0.717) is 5.78 Å². The van der Waals surface area contributed by atoms with Crippen LogP contribution in [0.15, 0.2) is 12.4 Å². The van der Waals surface area contributed by atoms with Crippen LogP contribution in [0.5, 0.6) is 0 Å². The summed E-state index contributed by atoms with van der Waals surface area (Å²) in [7, 11) is 0. The zero-order valence-corrected chi connectivity index (χ0v) is 13.0. The Morgan fingerprint density at radius 3 is 2.85 bits per heavy atom. The zero-order valence-electron chi connectivity index (χ0n) is 13.0. The smallest absolute Gasteiger partial charge is 0.254 e. The fraction of sp³-hybridized carbons (Fsp3) is 0.667. The second-order valence-electron chi connectivity index (χ2n) is 6.23. The van der Waals surface area contributed by atoms with E-state index >= 15 is 0 Å². The summed E-state index contributed by atoms with van der Waals surface area (Å²) in [6.07, 6.45) is 6.65. The number of nitrogens with zero attached hydrogens (tertiary/aromatic N) is 4. The first kappa shape index (κ1) is 14.8. The molecule has 0 atom stereocenters. The van der Waals surface area contributed by atoms with Gasteiger partial charge in [-0.25, -0.2) is 4.98 Å². The van der Waals surface area contributed by atoms with Crippen molar-refractivity contribution in [2.75, 3.05) is 11.9 Å². The topological polar surface area (TPSA) is 55.1 Å². The van der Waals surface area contributed by atoms with Crippen LogP contribution in [0.2, 0.25) is 0 Å². The van der Waals surface area contributed by atoms with Crippen LogP contribution in [0.1, 0.15) is 52.1 Å². The number of nitrogens with one attached hydrogen (secondary N) is 1. The molecule has 0 aliphatic heterocycles. The van der Waals surface area contributed by atoms with Gasteiger partial charge in [0.05, 0.1) is 0 Å². The molecule has 5 heteroatoms. The minimum Gasteiger partial charge on any atom is -0.369 e. The average Bonchev–Trinajstić information content (AvgIpc) is 2.84. The summed E-state index contributed by atoms with van der Waals surface area (Å²) in [5, 5.41) is 7.72. The number of fused-ring (bicyclic) bond motifs is 1. The van der Waals surface area contributed by atoms with E-state index in [-0.39, 0.29) is 5.41 Å². The monoisotopic (exact) mass is 275 g/mol. The maximum atomic E-state index is 4.35. The molecule has 0 aromatic carbocycles. The van der Waals surface area contributed by atoms with Crippen molar-refractivity contribution in [1.82, 2.24) is 19.6 Å². The number of hydrogen-bond acceptors (Lipinski definition) is 4. The van der Waals surface area contributed by atoms with E-state index in [2.05, 4.69) is 41.2 Å². The SMILES string of the molecule is CCCCCC(C)(C)CNc1cc(C)nc2ncnn12. The molecule has 0 bridgehead atoms. The Hall–Kier alpha value is -1.65. The van der Waals surface area contributed by atoms with Crippen LogP contribution in [-0.4, -0.2) is 26.1 Å². The van der Waals surface area contributed by atoms with Gasteiger partial charge in [-0.1, -0.05) is 40.0 Å². The van der Waals surface area contributed by atoms with Crippen molar-refractivity contribution in [3.8, 4) is 0 Å². The Morgan fingerprint density at radius 2 is 2.10 bits per heavy atom. The van der Waals surface area contributed by atoms with Gasteiger partial charge in [0.25, 0.3) is 5.78 Å². The van der Waals surface area contributed by atoms with Crippen molar-refractivity contribution in [3.63, 3.8) is 0 Å². The average molecular weight is 275 g/mol. The molecule has 2 aromatic heterocycles. The molecule has 2 aromatic rings. The van der Waals surface area contributed by atoms with Gasteiger partial charge >= 0.3 is 0 Å². The lowest BCUT2D eigenvalue weighted by Gasteiger charge is -2.25. The summed E-state index contributed by atoms with van der Waals surface area (Å²) in [4.78, 5) is 8.50. The maximum Gasteiger partial charge on any atom is 0.254 e. The van der Waals surface area contributed by atoms with Gasteiger partial charge in [0, 0.05) is 18.3 Å². The van der Waals surface area contributed by atoms with Gasteiger partial charge in [0.15, 0.2) is 0 Å².